The Hall–Kier alpha value is -2.63. The Bertz CT molecular complexity index is 826. The van der Waals surface area contributed by atoms with Gasteiger partial charge in [0.05, 0.1) is 31.5 Å². The number of esters is 1. The summed E-state index contributed by atoms with van der Waals surface area (Å²) < 4.78 is 6.57. The molecule has 1 N–H and O–H groups in total. The van der Waals surface area contributed by atoms with E-state index in [2.05, 4.69) is 47.2 Å². The molecule has 1 aliphatic carbocycles. The maximum absolute atomic E-state index is 12.2. The number of nitrogens with zero attached hydrogens (tertiary/aromatic N) is 2. The van der Waals surface area contributed by atoms with Crippen molar-refractivity contribution in [2.45, 2.75) is 52.0 Å². The van der Waals surface area contributed by atoms with Crippen LogP contribution in [-0.2, 0) is 20.7 Å². The molecule has 26 heavy (non-hydrogen) atoms. The highest BCUT2D eigenvalue weighted by molar-refractivity contribution is 5.81. The first-order valence-corrected chi connectivity index (χ1v) is 9.00. The van der Waals surface area contributed by atoms with Crippen LogP contribution < -0.4 is 5.32 Å². The van der Waals surface area contributed by atoms with E-state index in [0.29, 0.717) is 0 Å². The molecular formula is C20H25N3O3. The molecule has 0 bridgehead atoms. The fourth-order valence-corrected chi connectivity index (χ4v) is 3.37. The van der Waals surface area contributed by atoms with Crippen LogP contribution in [0.1, 0.15) is 54.1 Å². The fraction of sp³-hybridized carbons (Fsp3) is 0.450. The van der Waals surface area contributed by atoms with Gasteiger partial charge in [0.15, 0.2) is 0 Å². The van der Waals surface area contributed by atoms with E-state index >= 15 is 0 Å². The number of nitrogens with one attached hydrogen (secondary N) is 1. The zero-order valence-corrected chi connectivity index (χ0v) is 15.5. The number of amides is 1. The summed E-state index contributed by atoms with van der Waals surface area (Å²) in [5, 5.41) is 7.61. The van der Waals surface area contributed by atoms with Crippen molar-refractivity contribution in [3.8, 4) is 5.69 Å². The third-order valence-electron chi connectivity index (χ3n) is 5.04. The van der Waals surface area contributed by atoms with E-state index < -0.39 is 0 Å². The molecule has 1 aliphatic rings. The number of rotatable bonds is 5. The number of fused-ring (bicyclic) bond motifs is 1. The molecule has 6 heteroatoms. The average molecular weight is 355 g/mol. The van der Waals surface area contributed by atoms with Crippen molar-refractivity contribution >= 4 is 11.9 Å². The molecule has 138 valence electrons. The second-order valence-electron chi connectivity index (χ2n) is 6.82. The SMILES string of the molecule is COC(=O)CCC(=O)NC1CCCc2c1cnn2-c1ccc(C)c(C)c1. The first-order valence-electron chi connectivity index (χ1n) is 9.00. The van der Waals surface area contributed by atoms with Crippen molar-refractivity contribution in [1.29, 1.82) is 0 Å². The van der Waals surface area contributed by atoms with Crippen molar-refractivity contribution in [1.82, 2.24) is 15.1 Å². The van der Waals surface area contributed by atoms with E-state index in [0.717, 1.165) is 36.2 Å². The first kappa shape index (κ1) is 18.2. The number of ether oxygens (including phenoxy) is 1. The van der Waals surface area contributed by atoms with Gasteiger partial charge >= 0.3 is 5.97 Å². The van der Waals surface area contributed by atoms with Gasteiger partial charge in [0.25, 0.3) is 0 Å². The number of hydrogen-bond donors (Lipinski definition) is 1. The molecule has 3 rings (SSSR count). The van der Waals surface area contributed by atoms with Crippen molar-refractivity contribution in [3.05, 3.63) is 46.8 Å². The molecule has 1 aromatic carbocycles. The van der Waals surface area contributed by atoms with Crippen LogP contribution >= 0.6 is 0 Å². The maximum atomic E-state index is 12.2. The summed E-state index contributed by atoms with van der Waals surface area (Å²) in [5.41, 5.74) is 5.76. The number of hydrogen-bond acceptors (Lipinski definition) is 4. The summed E-state index contributed by atoms with van der Waals surface area (Å²) in [4.78, 5) is 23.4. The fourth-order valence-electron chi connectivity index (χ4n) is 3.37. The van der Waals surface area contributed by atoms with Gasteiger partial charge in [-0.1, -0.05) is 6.07 Å². The molecule has 6 nitrogen and oxygen atoms in total. The molecule has 1 aromatic heterocycles. The zero-order valence-electron chi connectivity index (χ0n) is 15.5. The van der Waals surface area contributed by atoms with E-state index in [9.17, 15) is 9.59 Å². The van der Waals surface area contributed by atoms with Crippen molar-refractivity contribution < 1.29 is 14.3 Å². The second kappa shape index (κ2) is 7.72. The van der Waals surface area contributed by atoms with Crippen LogP contribution in [0.3, 0.4) is 0 Å². The average Bonchev–Trinajstić information content (AvgIpc) is 3.07. The van der Waals surface area contributed by atoms with Crippen LogP contribution in [0.5, 0.6) is 0 Å². The number of carbonyl (C=O) groups excluding carboxylic acids is 2. The minimum atomic E-state index is -0.368. The molecule has 1 amide bonds. The summed E-state index contributed by atoms with van der Waals surface area (Å²) >= 11 is 0. The van der Waals surface area contributed by atoms with Crippen LogP contribution in [0.15, 0.2) is 24.4 Å². The maximum Gasteiger partial charge on any atom is 0.306 e. The van der Waals surface area contributed by atoms with Gasteiger partial charge in [-0.15, -0.1) is 0 Å². The molecule has 0 aliphatic heterocycles. The second-order valence-corrected chi connectivity index (χ2v) is 6.82. The van der Waals surface area contributed by atoms with Gasteiger partial charge < -0.3 is 10.1 Å². The summed E-state index contributed by atoms with van der Waals surface area (Å²) in [6, 6.07) is 6.27. The zero-order chi connectivity index (χ0) is 18.7. The van der Waals surface area contributed by atoms with Gasteiger partial charge in [0.2, 0.25) is 5.91 Å². The third kappa shape index (κ3) is 3.79. The largest absolute Gasteiger partial charge is 0.469 e. The van der Waals surface area contributed by atoms with Crippen LogP contribution in [-0.4, -0.2) is 28.8 Å². The van der Waals surface area contributed by atoms with Crippen LogP contribution in [0.4, 0.5) is 0 Å². The Morgan fingerprint density at radius 3 is 2.81 bits per heavy atom. The Morgan fingerprint density at radius 1 is 1.27 bits per heavy atom. The van der Waals surface area contributed by atoms with Gasteiger partial charge in [-0.05, 0) is 56.4 Å². The number of carbonyl (C=O) groups is 2. The van der Waals surface area contributed by atoms with Gasteiger partial charge in [0, 0.05) is 17.7 Å². The van der Waals surface area contributed by atoms with E-state index in [1.165, 1.54) is 18.2 Å². The van der Waals surface area contributed by atoms with E-state index in [1.807, 2.05) is 10.9 Å². The topological polar surface area (TPSA) is 73.2 Å². The molecule has 0 spiro atoms. The Labute approximate surface area is 153 Å². The molecule has 1 heterocycles. The van der Waals surface area contributed by atoms with Crippen LogP contribution in [0.25, 0.3) is 5.69 Å². The van der Waals surface area contributed by atoms with E-state index in [1.54, 1.807) is 0 Å². The van der Waals surface area contributed by atoms with Gasteiger partial charge in [-0.25, -0.2) is 4.68 Å². The smallest absolute Gasteiger partial charge is 0.306 e. The lowest BCUT2D eigenvalue weighted by Gasteiger charge is -2.24. The highest BCUT2D eigenvalue weighted by Gasteiger charge is 2.26. The minimum absolute atomic E-state index is 0.0517. The molecule has 0 saturated carbocycles. The Kier molecular flexibility index (Phi) is 5.40. The van der Waals surface area contributed by atoms with Gasteiger partial charge in [-0.2, -0.15) is 5.10 Å². The molecule has 2 aromatic rings. The summed E-state index contributed by atoms with van der Waals surface area (Å²) in [7, 11) is 1.33. The molecule has 1 unspecified atom stereocenters. The number of methoxy groups -OCH3 is 1. The highest BCUT2D eigenvalue weighted by atomic mass is 16.5. The van der Waals surface area contributed by atoms with Gasteiger partial charge in [0.1, 0.15) is 0 Å². The quantitative estimate of drug-likeness (QED) is 0.837. The predicted octanol–water partition coefficient (Wildman–Crippen LogP) is 2.94. The third-order valence-corrected chi connectivity index (χ3v) is 5.04. The van der Waals surface area contributed by atoms with E-state index in [4.69, 9.17) is 0 Å². The number of aryl methyl sites for hydroxylation is 2. The molecule has 0 saturated heterocycles. The van der Waals surface area contributed by atoms with Gasteiger partial charge in [-0.3, -0.25) is 9.59 Å². The summed E-state index contributed by atoms with van der Waals surface area (Å²) in [6.07, 6.45) is 4.92. The molecule has 0 fully saturated rings. The lowest BCUT2D eigenvalue weighted by atomic mass is 9.92. The standard InChI is InChI=1S/C20H25N3O3/c1-13-7-8-15(11-14(13)2)23-18-6-4-5-17(16(18)12-21-23)22-19(24)9-10-20(25)26-3/h7-8,11-12,17H,4-6,9-10H2,1-3H3,(H,22,24). The van der Waals surface area contributed by atoms with Crippen LogP contribution in [0.2, 0.25) is 0 Å². The monoisotopic (exact) mass is 355 g/mol. The predicted molar refractivity (Wildman–Crippen MR) is 98.1 cm³/mol. The molecule has 0 radical (unpaired) electrons. The summed E-state index contributed by atoms with van der Waals surface area (Å²) in [6.45, 7) is 4.19. The Morgan fingerprint density at radius 2 is 2.08 bits per heavy atom. The Balaban J connectivity index is 1.77. The number of aromatic nitrogens is 2. The minimum Gasteiger partial charge on any atom is -0.469 e. The highest BCUT2D eigenvalue weighted by Crippen LogP contribution is 2.31. The van der Waals surface area contributed by atoms with Crippen molar-refractivity contribution in [2.24, 2.45) is 0 Å². The molecule has 1 atom stereocenters. The van der Waals surface area contributed by atoms with Crippen LogP contribution in [0, 0.1) is 13.8 Å². The normalized spacial score (nSPS) is 16.0. The van der Waals surface area contributed by atoms with Crippen molar-refractivity contribution in [3.63, 3.8) is 0 Å². The lowest BCUT2D eigenvalue weighted by Crippen LogP contribution is -2.31. The lowest BCUT2D eigenvalue weighted by molar-refractivity contribution is -0.142. The summed E-state index contributed by atoms with van der Waals surface area (Å²) in [5.74, 6) is -0.501. The molecular weight excluding hydrogens is 330 g/mol. The van der Waals surface area contributed by atoms with E-state index in [-0.39, 0.29) is 30.8 Å². The van der Waals surface area contributed by atoms with Crippen molar-refractivity contribution in [2.75, 3.05) is 7.11 Å². The first-order chi connectivity index (χ1) is 12.5. The number of benzene rings is 1.